The third kappa shape index (κ3) is 5.93. The number of hydrogen-bond donors (Lipinski definition) is 0. The van der Waals surface area contributed by atoms with E-state index in [4.69, 9.17) is 4.74 Å². The molecule has 0 spiro atoms. The minimum absolute atomic E-state index is 0.0272. The molecule has 0 aliphatic heterocycles. The quantitative estimate of drug-likeness (QED) is 0.137. The van der Waals surface area contributed by atoms with Gasteiger partial charge in [-0.3, -0.25) is 19.7 Å². The molecule has 0 aliphatic rings. The normalized spacial score (nSPS) is 11.4. The number of thioether (sulfide) groups is 1. The van der Waals surface area contributed by atoms with Crippen molar-refractivity contribution in [3.05, 3.63) is 105 Å². The first-order chi connectivity index (χ1) is 16.7. The molecule has 3 rings (SSSR count). The summed E-state index contributed by atoms with van der Waals surface area (Å²) in [5.74, 6) is -1.80. The maximum atomic E-state index is 13.1. The van der Waals surface area contributed by atoms with E-state index < -0.39 is 29.2 Å². The van der Waals surface area contributed by atoms with Crippen molar-refractivity contribution in [2.45, 2.75) is 17.9 Å². The van der Waals surface area contributed by atoms with E-state index in [1.54, 1.807) is 25.4 Å². The molecular weight excluding hydrogens is 468 g/mol. The maximum absolute atomic E-state index is 13.1. The average Bonchev–Trinajstić information content (AvgIpc) is 2.90. The van der Waals surface area contributed by atoms with Crippen molar-refractivity contribution >= 4 is 35.1 Å². The zero-order valence-electron chi connectivity index (χ0n) is 19.5. The fraction of sp³-hybridized carbons (Fsp3) is 0.192. The number of nitro groups is 1. The summed E-state index contributed by atoms with van der Waals surface area (Å²) in [4.78, 5) is 51.3. The van der Waals surface area contributed by atoms with Gasteiger partial charge < -0.3 is 9.64 Å². The summed E-state index contributed by atoms with van der Waals surface area (Å²) in [5, 5.41) is 11.4. The zero-order chi connectivity index (χ0) is 25.5. The van der Waals surface area contributed by atoms with Gasteiger partial charge in [0.1, 0.15) is 0 Å². The topological polar surface area (TPSA) is 107 Å². The molecule has 1 atom stereocenters. The van der Waals surface area contributed by atoms with Crippen LogP contribution in [0.25, 0.3) is 0 Å². The van der Waals surface area contributed by atoms with Gasteiger partial charge in [0.25, 0.3) is 11.6 Å². The molecule has 0 bridgehead atoms. The van der Waals surface area contributed by atoms with E-state index in [-0.39, 0.29) is 28.4 Å². The molecule has 8 nitrogen and oxygen atoms in total. The van der Waals surface area contributed by atoms with Crippen molar-refractivity contribution in [3.8, 4) is 0 Å². The van der Waals surface area contributed by atoms with Crippen LogP contribution in [0.1, 0.15) is 44.8 Å². The summed E-state index contributed by atoms with van der Waals surface area (Å²) < 4.78 is 5.23. The van der Waals surface area contributed by atoms with Crippen LogP contribution >= 0.6 is 11.8 Å². The molecule has 0 fully saturated rings. The van der Waals surface area contributed by atoms with E-state index in [1.165, 1.54) is 47.0 Å². The molecule has 0 saturated carbocycles. The zero-order valence-corrected chi connectivity index (χ0v) is 20.3. The van der Waals surface area contributed by atoms with Crippen LogP contribution in [0.15, 0.2) is 77.7 Å². The lowest BCUT2D eigenvalue weighted by Gasteiger charge is -2.25. The Morgan fingerprint density at radius 2 is 1.63 bits per heavy atom. The summed E-state index contributed by atoms with van der Waals surface area (Å²) in [6.45, 7) is 1.37. The molecular formula is C26H24N2O6S. The van der Waals surface area contributed by atoms with E-state index in [2.05, 4.69) is 0 Å². The Kier molecular flexibility index (Phi) is 8.38. The van der Waals surface area contributed by atoms with Gasteiger partial charge in [0.15, 0.2) is 12.4 Å². The van der Waals surface area contributed by atoms with Crippen LogP contribution in [-0.2, 0) is 9.53 Å². The Morgan fingerprint density at radius 3 is 2.26 bits per heavy atom. The minimum atomic E-state index is -0.835. The van der Waals surface area contributed by atoms with E-state index in [9.17, 15) is 24.5 Å². The second-order valence-electron chi connectivity index (χ2n) is 7.69. The van der Waals surface area contributed by atoms with Gasteiger partial charge in [-0.1, -0.05) is 48.5 Å². The number of carbonyl (C=O) groups excluding carboxylic acids is 3. The SMILES string of the molecule is CSc1ccc(C(=O)c2ccccc2C(=O)OCC(=O)N(C)C(C)c2ccccc2)cc1[N+](=O)[O-]. The molecule has 3 aromatic rings. The number of ketones is 1. The second kappa shape index (κ2) is 11.4. The molecule has 9 heteroatoms. The monoisotopic (exact) mass is 492 g/mol. The third-order valence-corrected chi connectivity index (χ3v) is 6.40. The fourth-order valence-corrected chi connectivity index (χ4v) is 4.01. The average molecular weight is 493 g/mol. The molecule has 1 amide bonds. The van der Waals surface area contributed by atoms with Crippen molar-refractivity contribution in [1.29, 1.82) is 0 Å². The maximum Gasteiger partial charge on any atom is 0.339 e. The van der Waals surface area contributed by atoms with Crippen molar-refractivity contribution in [2.75, 3.05) is 19.9 Å². The van der Waals surface area contributed by atoms with Crippen LogP contribution in [0.3, 0.4) is 0 Å². The molecule has 0 aromatic heterocycles. The van der Waals surface area contributed by atoms with Gasteiger partial charge in [0.05, 0.1) is 21.4 Å². The third-order valence-electron chi connectivity index (χ3n) is 5.61. The van der Waals surface area contributed by atoms with Crippen LogP contribution in [0.2, 0.25) is 0 Å². The first-order valence-electron chi connectivity index (χ1n) is 10.7. The molecule has 0 N–H and O–H groups in total. The van der Waals surface area contributed by atoms with Gasteiger partial charge in [-0.2, -0.15) is 0 Å². The van der Waals surface area contributed by atoms with Gasteiger partial charge in [0, 0.05) is 24.2 Å². The first kappa shape index (κ1) is 25.6. The number of amides is 1. The number of ether oxygens (including phenoxy) is 1. The van der Waals surface area contributed by atoms with E-state index in [0.717, 1.165) is 5.56 Å². The van der Waals surface area contributed by atoms with Crippen LogP contribution in [0, 0.1) is 10.1 Å². The molecule has 3 aromatic carbocycles. The Hall–Kier alpha value is -3.98. The highest BCUT2D eigenvalue weighted by Gasteiger charge is 2.24. The lowest BCUT2D eigenvalue weighted by atomic mass is 9.98. The number of rotatable bonds is 9. The summed E-state index contributed by atoms with van der Waals surface area (Å²) in [7, 11) is 1.62. The van der Waals surface area contributed by atoms with Crippen molar-refractivity contribution in [3.63, 3.8) is 0 Å². The van der Waals surface area contributed by atoms with E-state index >= 15 is 0 Å². The number of hydrogen-bond acceptors (Lipinski definition) is 7. The lowest BCUT2D eigenvalue weighted by molar-refractivity contribution is -0.387. The molecule has 0 radical (unpaired) electrons. The number of nitro benzene ring substituents is 1. The van der Waals surface area contributed by atoms with Crippen molar-refractivity contribution in [1.82, 2.24) is 4.90 Å². The smallest absolute Gasteiger partial charge is 0.339 e. The van der Waals surface area contributed by atoms with Crippen LogP contribution in [0.5, 0.6) is 0 Å². The number of likely N-dealkylation sites (N-methyl/N-ethyl adjacent to an activating group) is 1. The van der Waals surface area contributed by atoms with E-state index in [1.807, 2.05) is 37.3 Å². The summed E-state index contributed by atoms with van der Waals surface area (Å²) in [5.41, 5.74) is 0.821. The summed E-state index contributed by atoms with van der Waals surface area (Å²) in [6.07, 6.45) is 1.70. The van der Waals surface area contributed by atoms with Gasteiger partial charge in [-0.05, 0) is 36.9 Å². The Bertz CT molecular complexity index is 1260. The Balaban J connectivity index is 1.76. The molecule has 0 aliphatic carbocycles. The van der Waals surface area contributed by atoms with Gasteiger partial charge in [-0.25, -0.2) is 4.79 Å². The predicted molar refractivity (Wildman–Crippen MR) is 133 cm³/mol. The first-order valence-corrected chi connectivity index (χ1v) is 11.9. The van der Waals surface area contributed by atoms with Crippen molar-refractivity contribution in [2.24, 2.45) is 0 Å². The fourth-order valence-electron chi connectivity index (χ4n) is 3.47. The molecule has 0 heterocycles. The number of esters is 1. The van der Waals surface area contributed by atoms with Crippen molar-refractivity contribution < 1.29 is 24.0 Å². The molecule has 35 heavy (non-hydrogen) atoms. The van der Waals surface area contributed by atoms with E-state index in [0.29, 0.717) is 4.90 Å². The second-order valence-corrected chi connectivity index (χ2v) is 8.53. The lowest BCUT2D eigenvalue weighted by Crippen LogP contribution is -2.33. The van der Waals surface area contributed by atoms with Crippen LogP contribution < -0.4 is 0 Å². The largest absolute Gasteiger partial charge is 0.452 e. The van der Waals surface area contributed by atoms with Gasteiger partial charge >= 0.3 is 5.97 Å². The van der Waals surface area contributed by atoms with Crippen LogP contribution in [0.4, 0.5) is 5.69 Å². The highest BCUT2D eigenvalue weighted by atomic mass is 32.2. The Morgan fingerprint density at radius 1 is 1.00 bits per heavy atom. The predicted octanol–water partition coefficient (Wildman–Crippen LogP) is 4.92. The molecule has 1 unspecified atom stereocenters. The highest BCUT2D eigenvalue weighted by Crippen LogP contribution is 2.29. The summed E-state index contributed by atoms with van der Waals surface area (Å²) in [6, 6.07) is 19.4. The van der Waals surface area contributed by atoms with Crippen LogP contribution in [-0.4, -0.2) is 47.4 Å². The number of carbonyl (C=O) groups is 3. The highest BCUT2D eigenvalue weighted by molar-refractivity contribution is 7.98. The minimum Gasteiger partial charge on any atom is -0.452 e. The molecule has 180 valence electrons. The summed E-state index contributed by atoms with van der Waals surface area (Å²) >= 11 is 1.20. The van der Waals surface area contributed by atoms with Gasteiger partial charge in [0.2, 0.25) is 0 Å². The van der Waals surface area contributed by atoms with Gasteiger partial charge in [-0.15, -0.1) is 11.8 Å². The Labute approximate surface area is 207 Å². The number of benzene rings is 3. The number of nitrogens with zero attached hydrogens (tertiary/aromatic N) is 2. The molecule has 0 saturated heterocycles. The standard InChI is InChI=1S/C26H24N2O6S/c1-17(18-9-5-4-6-10-18)27(2)24(29)16-34-26(31)21-12-8-7-11-20(21)25(30)19-13-14-23(35-3)22(15-19)28(32)33/h4-15,17H,16H2,1-3H3.